The van der Waals surface area contributed by atoms with Crippen molar-refractivity contribution in [3.63, 3.8) is 0 Å². The Morgan fingerprint density at radius 3 is 2.77 bits per heavy atom. The molecular weight excluding hydrogens is 348 g/mol. The predicted octanol–water partition coefficient (Wildman–Crippen LogP) is 4.26. The summed E-state index contributed by atoms with van der Waals surface area (Å²) in [5, 5.41) is 23.3. The molecule has 26 heavy (non-hydrogen) atoms. The number of aromatic nitrogens is 3. The van der Waals surface area contributed by atoms with Crippen molar-refractivity contribution in [2.45, 2.75) is 13.8 Å². The minimum absolute atomic E-state index is 0.232. The summed E-state index contributed by atoms with van der Waals surface area (Å²) in [4.78, 5) is 16.7. The van der Waals surface area contributed by atoms with Crippen molar-refractivity contribution in [2.24, 2.45) is 0 Å². The molecule has 0 unspecified atom stereocenters. The lowest BCUT2D eigenvalue weighted by atomic mass is 10.0. The van der Waals surface area contributed by atoms with E-state index >= 15 is 0 Å². The molecule has 4 aromatic rings. The summed E-state index contributed by atoms with van der Waals surface area (Å²) in [6.07, 6.45) is 1.67. The highest BCUT2D eigenvalue weighted by molar-refractivity contribution is 7.09. The lowest BCUT2D eigenvalue weighted by Crippen LogP contribution is -2.12. The van der Waals surface area contributed by atoms with E-state index in [1.54, 1.807) is 17.6 Å². The van der Waals surface area contributed by atoms with E-state index in [2.05, 4.69) is 20.5 Å². The van der Waals surface area contributed by atoms with E-state index in [-0.39, 0.29) is 11.7 Å². The number of carbonyl (C=O) groups excluding carboxylic acids is 1. The number of benzene rings is 2. The molecule has 2 heterocycles. The topological polar surface area (TPSA) is 90.9 Å². The van der Waals surface area contributed by atoms with Crippen molar-refractivity contribution in [1.82, 2.24) is 15.2 Å². The Bertz CT molecular complexity index is 1130. The second kappa shape index (κ2) is 6.27. The van der Waals surface area contributed by atoms with Gasteiger partial charge in [-0.05, 0) is 48.7 Å². The molecule has 0 aliphatic rings. The Balaban J connectivity index is 1.77. The van der Waals surface area contributed by atoms with Gasteiger partial charge in [-0.25, -0.2) is 4.98 Å². The monoisotopic (exact) mass is 364 g/mol. The number of hydrogen-bond acceptors (Lipinski definition) is 5. The summed E-state index contributed by atoms with van der Waals surface area (Å²) in [6, 6.07) is 9.32. The second-order valence-electron chi connectivity index (χ2n) is 6.06. The average molecular weight is 364 g/mol. The lowest BCUT2D eigenvalue weighted by Gasteiger charge is -2.10. The Morgan fingerprint density at radius 1 is 1.19 bits per heavy atom. The van der Waals surface area contributed by atoms with Crippen molar-refractivity contribution in [2.75, 3.05) is 5.32 Å². The zero-order chi connectivity index (χ0) is 18.3. The van der Waals surface area contributed by atoms with E-state index in [1.165, 1.54) is 11.3 Å². The van der Waals surface area contributed by atoms with Gasteiger partial charge in [0.2, 0.25) is 0 Å². The number of aromatic amines is 1. The third kappa shape index (κ3) is 2.93. The number of nitrogens with zero attached hydrogens (tertiary/aromatic N) is 2. The summed E-state index contributed by atoms with van der Waals surface area (Å²) in [6.45, 7) is 3.71. The summed E-state index contributed by atoms with van der Waals surface area (Å²) in [5.41, 5.74) is 4.35. The maximum atomic E-state index is 12.5. The van der Waals surface area contributed by atoms with E-state index in [4.69, 9.17) is 0 Å². The molecule has 0 saturated heterocycles. The molecule has 3 N–H and O–H groups in total. The SMILES string of the molecule is Cc1nc(C(=O)Nc2cc(-c3ccc(C)c(O)c3)cc3[nH]ncc23)cs1. The van der Waals surface area contributed by atoms with Gasteiger partial charge in [0.05, 0.1) is 22.4 Å². The Labute approximate surface area is 153 Å². The van der Waals surface area contributed by atoms with Gasteiger partial charge in [0.15, 0.2) is 0 Å². The first-order chi connectivity index (χ1) is 12.5. The number of fused-ring (bicyclic) bond motifs is 1. The van der Waals surface area contributed by atoms with Gasteiger partial charge in [-0.1, -0.05) is 12.1 Å². The van der Waals surface area contributed by atoms with Crippen LogP contribution < -0.4 is 5.32 Å². The van der Waals surface area contributed by atoms with Crippen LogP contribution in [0.15, 0.2) is 41.9 Å². The van der Waals surface area contributed by atoms with Crippen molar-refractivity contribution < 1.29 is 9.90 Å². The molecule has 2 aromatic heterocycles. The molecule has 2 aromatic carbocycles. The van der Waals surface area contributed by atoms with Gasteiger partial charge >= 0.3 is 0 Å². The van der Waals surface area contributed by atoms with E-state index < -0.39 is 0 Å². The number of carbonyl (C=O) groups is 1. The van der Waals surface area contributed by atoms with Crippen LogP contribution in [-0.2, 0) is 0 Å². The molecule has 0 aliphatic carbocycles. The molecule has 0 saturated carbocycles. The summed E-state index contributed by atoms with van der Waals surface area (Å²) < 4.78 is 0. The average Bonchev–Trinajstić information content (AvgIpc) is 3.26. The number of thiazole rings is 1. The van der Waals surface area contributed by atoms with E-state index in [9.17, 15) is 9.90 Å². The summed E-state index contributed by atoms with van der Waals surface area (Å²) in [7, 11) is 0. The maximum absolute atomic E-state index is 12.5. The molecule has 0 radical (unpaired) electrons. The van der Waals surface area contributed by atoms with Gasteiger partial charge in [-0.3, -0.25) is 9.89 Å². The van der Waals surface area contributed by atoms with Crippen LogP contribution in [0.3, 0.4) is 0 Å². The first-order valence-corrected chi connectivity index (χ1v) is 8.90. The van der Waals surface area contributed by atoms with Crippen molar-refractivity contribution in [3.05, 3.63) is 58.2 Å². The minimum Gasteiger partial charge on any atom is -0.508 e. The van der Waals surface area contributed by atoms with Crippen LogP contribution in [0.5, 0.6) is 5.75 Å². The lowest BCUT2D eigenvalue weighted by molar-refractivity contribution is 0.102. The van der Waals surface area contributed by atoms with Gasteiger partial charge in [0, 0.05) is 10.8 Å². The molecule has 0 atom stereocenters. The highest BCUT2D eigenvalue weighted by atomic mass is 32.1. The Morgan fingerprint density at radius 2 is 2.04 bits per heavy atom. The standard InChI is InChI=1S/C19H16N4O2S/c1-10-3-4-12(7-18(10)24)13-5-15(14-8-20-23-16(14)6-13)22-19(25)17-9-26-11(2)21-17/h3-9,24H,1-2H3,(H,20,23)(H,22,25). The fraction of sp³-hybridized carbons (Fsp3) is 0.105. The van der Waals surface area contributed by atoms with Gasteiger partial charge < -0.3 is 10.4 Å². The van der Waals surface area contributed by atoms with E-state index in [0.29, 0.717) is 11.4 Å². The molecule has 130 valence electrons. The normalized spacial score (nSPS) is 11.0. The Hall–Kier alpha value is -3.19. The number of nitrogens with one attached hydrogen (secondary N) is 2. The van der Waals surface area contributed by atoms with Crippen LogP contribution in [0.2, 0.25) is 0 Å². The van der Waals surface area contributed by atoms with Crippen LogP contribution in [-0.4, -0.2) is 26.2 Å². The molecule has 6 nitrogen and oxygen atoms in total. The number of amides is 1. The summed E-state index contributed by atoms with van der Waals surface area (Å²) in [5.74, 6) is -0.0310. The predicted molar refractivity (Wildman–Crippen MR) is 103 cm³/mol. The molecule has 0 bridgehead atoms. The third-order valence-electron chi connectivity index (χ3n) is 4.20. The van der Waals surface area contributed by atoms with Gasteiger partial charge in [-0.2, -0.15) is 5.10 Å². The van der Waals surface area contributed by atoms with Crippen molar-refractivity contribution >= 4 is 33.8 Å². The smallest absolute Gasteiger partial charge is 0.275 e. The third-order valence-corrected chi connectivity index (χ3v) is 4.97. The maximum Gasteiger partial charge on any atom is 0.275 e. The number of H-pyrrole nitrogens is 1. The van der Waals surface area contributed by atoms with Crippen LogP contribution in [0.25, 0.3) is 22.0 Å². The fourth-order valence-corrected chi connectivity index (χ4v) is 3.36. The van der Waals surface area contributed by atoms with Gasteiger partial charge in [0.1, 0.15) is 11.4 Å². The molecule has 1 amide bonds. The molecule has 0 fully saturated rings. The molecular formula is C19H16N4O2S. The number of phenols is 1. The second-order valence-corrected chi connectivity index (χ2v) is 7.12. The van der Waals surface area contributed by atoms with Crippen LogP contribution in [0.1, 0.15) is 21.1 Å². The number of hydrogen-bond donors (Lipinski definition) is 3. The number of anilines is 1. The number of aromatic hydroxyl groups is 1. The first-order valence-electron chi connectivity index (χ1n) is 8.02. The van der Waals surface area contributed by atoms with Gasteiger partial charge in [0.25, 0.3) is 5.91 Å². The molecule has 0 spiro atoms. The molecule has 7 heteroatoms. The van der Waals surface area contributed by atoms with Crippen LogP contribution in [0, 0.1) is 13.8 Å². The number of rotatable bonds is 3. The fourth-order valence-electron chi connectivity index (χ4n) is 2.76. The first kappa shape index (κ1) is 16.3. The summed E-state index contributed by atoms with van der Waals surface area (Å²) >= 11 is 1.43. The van der Waals surface area contributed by atoms with Crippen molar-refractivity contribution in [3.8, 4) is 16.9 Å². The zero-order valence-electron chi connectivity index (χ0n) is 14.2. The van der Waals surface area contributed by atoms with E-state index in [1.807, 2.05) is 38.1 Å². The highest BCUT2D eigenvalue weighted by Crippen LogP contribution is 2.32. The van der Waals surface area contributed by atoms with Crippen LogP contribution in [0.4, 0.5) is 5.69 Å². The Kier molecular flexibility index (Phi) is 3.93. The van der Waals surface area contributed by atoms with Crippen LogP contribution >= 0.6 is 11.3 Å². The molecule has 4 rings (SSSR count). The molecule has 0 aliphatic heterocycles. The van der Waals surface area contributed by atoms with Crippen molar-refractivity contribution in [1.29, 1.82) is 0 Å². The number of aryl methyl sites for hydroxylation is 2. The quantitative estimate of drug-likeness (QED) is 0.506. The largest absolute Gasteiger partial charge is 0.508 e. The van der Waals surface area contributed by atoms with E-state index in [0.717, 1.165) is 32.6 Å². The number of phenolic OH excluding ortho intramolecular Hbond substituents is 1. The van der Waals surface area contributed by atoms with Gasteiger partial charge in [-0.15, -0.1) is 11.3 Å². The zero-order valence-corrected chi connectivity index (χ0v) is 15.0. The highest BCUT2D eigenvalue weighted by Gasteiger charge is 2.14. The minimum atomic E-state index is -0.263.